The van der Waals surface area contributed by atoms with E-state index in [2.05, 4.69) is 21.6 Å². The zero-order valence-electron chi connectivity index (χ0n) is 20.2. The zero-order chi connectivity index (χ0) is 23.5. The van der Waals surface area contributed by atoms with E-state index in [9.17, 15) is 4.79 Å². The van der Waals surface area contributed by atoms with Gasteiger partial charge in [-0.05, 0) is 70.3 Å². The van der Waals surface area contributed by atoms with E-state index in [-0.39, 0.29) is 12.1 Å². The second-order valence-corrected chi connectivity index (χ2v) is 9.34. The SMILES string of the molecule is COc1ccc(-c2cc([C@@H]3CN4CC[C@H]3C[C@@H]4CNC(=O)NC(C)C)nc(C)n2)cc1OC. The molecule has 1 aromatic heterocycles. The maximum atomic E-state index is 12.0. The molecule has 2 aromatic rings. The number of nitrogens with zero attached hydrogens (tertiary/aromatic N) is 3. The first kappa shape index (κ1) is 23.3. The van der Waals surface area contributed by atoms with Gasteiger partial charge in [0.15, 0.2) is 11.5 Å². The van der Waals surface area contributed by atoms with Gasteiger partial charge in [0.1, 0.15) is 5.82 Å². The van der Waals surface area contributed by atoms with Crippen molar-refractivity contribution in [2.75, 3.05) is 33.9 Å². The van der Waals surface area contributed by atoms with E-state index in [1.54, 1.807) is 14.2 Å². The van der Waals surface area contributed by atoms with Gasteiger partial charge < -0.3 is 20.1 Å². The molecule has 2 bridgehead atoms. The number of rotatable bonds is 7. The molecule has 1 aromatic carbocycles. The minimum Gasteiger partial charge on any atom is -0.493 e. The molecule has 8 nitrogen and oxygen atoms in total. The molecule has 33 heavy (non-hydrogen) atoms. The van der Waals surface area contributed by atoms with Gasteiger partial charge in [0.25, 0.3) is 0 Å². The fourth-order valence-corrected chi connectivity index (χ4v) is 5.13. The predicted octanol–water partition coefficient (Wildman–Crippen LogP) is 3.35. The van der Waals surface area contributed by atoms with Crippen LogP contribution in [0.25, 0.3) is 11.3 Å². The molecular weight excluding hydrogens is 418 g/mol. The lowest BCUT2D eigenvalue weighted by Gasteiger charge is -2.49. The number of hydrogen-bond donors (Lipinski definition) is 2. The fraction of sp³-hybridized carbons (Fsp3) is 0.560. The fourth-order valence-electron chi connectivity index (χ4n) is 5.13. The van der Waals surface area contributed by atoms with Gasteiger partial charge >= 0.3 is 6.03 Å². The Labute approximate surface area is 196 Å². The van der Waals surface area contributed by atoms with E-state index in [0.29, 0.717) is 35.9 Å². The average Bonchev–Trinajstić information content (AvgIpc) is 2.81. The average molecular weight is 454 g/mol. The Balaban J connectivity index is 1.50. The largest absolute Gasteiger partial charge is 0.493 e. The number of aryl methyl sites for hydroxylation is 1. The number of amides is 2. The van der Waals surface area contributed by atoms with Gasteiger partial charge in [-0.25, -0.2) is 14.8 Å². The smallest absolute Gasteiger partial charge is 0.315 e. The maximum absolute atomic E-state index is 12.0. The number of urea groups is 1. The lowest BCUT2D eigenvalue weighted by Crippen LogP contribution is -2.57. The maximum Gasteiger partial charge on any atom is 0.315 e. The first-order chi connectivity index (χ1) is 15.9. The van der Waals surface area contributed by atoms with Crippen molar-refractivity contribution < 1.29 is 14.3 Å². The molecule has 3 aliphatic heterocycles. The topological polar surface area (TPSA) is 88.6 Å². The summed E-state index contributed by atoms with van der Waals surface area (Å²) in [5, 5.41) is 5.95. The Morgan fingerprint density at radius 2 is 1.97 bits per heavy atom. The van der Waals surface area contributed by atoms with Gasteiger partial charge in [-0.3, -0.25) is 4.90 Å². The summed E-state index contributed by atoms with van der Waals surface area (Å²) in [6, 6.07) is 8.44. The number of nitrogens with one attached hydrogen (secondary N) is 2. The number of ether oxygens (including phenoxy) is 2. The molecule has 4 atom stereocenters. The van der Waals surface area contributed by atoms with Crippen molar-refractivity contribution in [2.24, 2.45) is 5.92 Å². The van der Waals surface area contributed by atoms with E-state index in [4.69, 9.17) is 19.4 Å². The van der Waals surface area contributed by atoms with Crippen LogP contribution in [0.2, 0.25) is 0 Å². The molecule has 178 valence electrons. The van der Waals surface area contributed by atoms with Crippen molar-refractivity contribution in [3.05, 3.63) is 35.8 Å². The van der Waals surface area contributed by atoms with Crippen LogP contribution in [-0.4, -0.2) is 66.8 Å². The number of aromatic nitrogens is 2. The molecule has 2 N–H and O–H groups in total. The molecule has 3 saturated heterocycles. The Kier molecular flexibility index (Phi) is 7.02. The molecule has 1 unspecified atom stereocenters. The molecule has 3 fully saturated rings. The summed E-state index contributed by atoms with van der Waals surface area (Å²) in [5.41, 5.74) is 2.99. The van der Waals surface area contributed by atoms with Gasteiger partial charge in [0.2, 0.25) is 0 Å². The summed E-state index contributed by atoms with van der Waals surface area (Å²) in [4.78, 5) is 24.1. The van der Waals surface area contributed by atoms with Crippen molar-refractivity contribution in [3.63, 3.8) is 0 Å². The molecule has 0 saturated carbocycles. The molecule has 4 heterocycles. The summed E-state index contributed by atoms with van der Waals surface area (Å²) < 4.78 is 10.9. The molecule has 3 aliphatic rings. The van der Waals surface area contributed by atoms with Gasteiger partial charge in [0, 0.05) is 42.3 Å². The minimum absolute atomic E-state index is 0.0878. The third kappa shape index (κ3) is 5.21. The normalized spacial score (nSPS) is 23.9. The van der Waals surface area contributed by atoms with Crippen LogP contribution in [0.1, 0.15) is 44.1 Å². The lowest BCUT2D eigenvalue weighted by molar-refractivity contribution is 0.0304. The van der Waals surface area contributed by atoms with Gasteiger partial charge in [-0.15, -0.1) is 0 Å². The highest BCUT2D eigenvalue weighted by Crippen LogP contribution is 2.42. The minimum atomic E-state index is -0.0878. The third-order valence-corrected chi connectivity index (χ3v) is 6.71. The van der Waals surface area contributed by atoms with Crippen molar-refractivity contribution in [1.29, 1.82) is 0 Å². The highest BCUT2D eigenvalue weighted by Gasteiger charge is 2.41. The third-order valence-electron chi connectivity index (χ3n) is 6.71. The van der Waals surface area contributed by atoms with Crippen molar-refractivity contribution in [2.45, 2.75) is 51.6 Å². The van der Waals surface area contributed by atoms with Crippen LogP contribution in [0.3, 0.4) is 0 Å². The van der Waals surface area contributed by atoms with Gasteiger partial charge in [0.05, 0.1) is 19.9 Å². The van der Waals surface area contributed by atoms with Gasteiger partial charge in [-0.2, -0.15) is 0 Å². The molecule has 5 rings (SSSR count). The second-order valence-electron chi connectivity index (χ2n) is 9.34. The molecule has 0 radical (unpaired) electrons. The zero-order valence-corrected chi connectivity index (χ0v) is 20.2. The number of methoxy groups -OCH3 is 2. The van der Waals surface area contributed by atoms with Crippen LogP contribution in [0.15, 0.2) is 24.3 Å². The number of carbonyl (C=O) groups excluding carboxylic acids is 1. The molecule has 8 heteroatoms. The Morgan fingerprint density at radius 3 is 2.64 bits per heavy atom. The van der Waals surface area contributed by atoms with Crippen LogP contribution >= 0.6 is 0 Å². The van der Waals surface area contributed by atoms with Crippen LogP contribution in [0.4, 0.5) is 4.79 Å². The standard InChI is InChI=1S/C25H35N5O3/c1-15(2)27-25(31)26-13-19-10-17-8-9-30(19)14-20(17)22-12-21(28-16(3)29-22)18-6-7-23(32-4)24(11-18)33-5/h6-7,11-12,15,17,19-20H,8-10,13-14H2,1-5H3,(H2,26,27,31)/t17-,19+,20+/m0/s1. The summed E-state index contributed by atoms with van der Waals surface area (Å²) in [7, 11) is 3.28. The first-order valence-electron chi connectivity index (χ1n) is 11.7. The molecule has 0 spiro atoms. The van der Waals surface area contributed by atoms with Crippen LogP contribution in [0, 0.1) is 12.8 Å². The molecule has 0 aliphatic carbocycles. The van der Waals surface area contributed by atoms with Crippen molar-refractivity contribution >= 4 is 6.03 Å². The van der Waals surface area contributed by atoms with Crippen molar-refractivity contribution in [3.8, 4) is 22.8 Å². The second kappa shape index (κ2) is 9.95. The van der Waals surface area contributed by atoms with E-state index in [1.165, 1.54) is 0 Å². The Hall–Kier alpha value is -2.87. The molecular formula is C25H35N5O3. The number of fused-ring (bicyclic) bond motifs is 3. The predicted molar refractivity (Wildman–Crippen MR) is 128 cm³/mol. The summed E-state index contributed by atoms with van der Waals surface area (Å²) in [5.74, 6) is 3.10. The lowest BCUT2D eigenvalue weighted by atomic mass is 9.74. The number of benzene rings is 1. The molecule has 2 amide bonds. The Bertz CT molecular complexity index is 996. The highest BCUT2D eigenvalue weighted by atomic mass is 16.5. The van der Waals surface area contributed by atoms with Crippen LogP contribution < -0.4 is 20.1 Å². The number of piperidine rings is 3. The number of carbonyl (C=O) groups is 1. The van der Waals surface area contributed by atoms with E-state index in [1.807, 2.05) is 39.0 Å². The van der Waals surface area contributed by atoms with E-state index < -0.39 is 0 Å². The van der Waals surface area contributed by atoms with Crippen LogP contribution in [0.5, 0.6) is 11.5 Å². The van der Waals surface area contributed by atoms with Crippen molar-refractivity contribution in [1.82, 2.24) is 25.5 Å². The first-order valence-corrected chi connectivity index (χ1v) is 11.7. The van der Waals surface area contributed by atoms with E-state index in [0.717, 1.165) is 48.7 Å². The summed E-state index contributed by atoms with van der Waals surface area (Å²) in [6.07, 6.45) is 2.23. The van der Waals surface area contributed by atoms with Gasteiger partial charge in [-0.1, -0.05) is 0 Å². The quantitative estimate of drug-likeness (QED) is 0.668. The Morgan fingerprint density at radius 1 is 1.18 bits per heavy atom. The monoisotopic (exact) mass is 453 g/mol. The summed E-state index contributed by atoms with van der Waals surface area (Å²) in [6.45, 7) is 8.61. The van der Waals surface area contributed by atoms with Crippen LogP contribution in [-0.2, 0) is 0 Å². The van der Waals surface area contributed by atoms with E-state index >= 15 is 0 Å². The highest BCUT2D eigenvalue weighted by molar-refractivity contribution is 5.74. The number of hydrogen-bond acceptors (Lipinski definition) is 6. The summed E-state index contributed by atoms with van der Waals surface area (Å²) >= 11 is 0.